The number of thiophene rings is 1. The first-order chi connectivity index (χ1) is 18.8. The minimum atomic E-state index is -0.282. The third-order valence-corrected chi connectivity index (χ3v) is 7.82. The number of aromatic nitrogens is 3. The summed E-state index contributed by atoms with van der Waals surface area (Å²) in [4.78, 5) is 36.1. The summed E-state index contributed by atoms with van der Waals surface area (Å²) in [7, 11) is 1.63. The maximum atomic E-state index is 13.7. The van der Waals surface area contributed by atoms with Crippen LogP contribution in [-0.2, 0) is 11.3 Å². The third-order valence-electron chi connectivity index (χ3n) is 6.29. The summed E-state index contributed by atoms with van der Waals surface area (Å²) in [5.74, 6) is -0.162. The number of pyridine rings is 1. The van der Waals surface area contributed by atoms with Crippen LogP contribution in [0.25, 0.3) is 27.1 Å². The summed E-state index contributed by atoms with van der Waals surface area (Å²) in [6, 6.07) is 11.0. The zero-order valence-electron chi connectivity index (χ0n) is 21.9. The Kier molecular flexibility index (Phi) is 7.92. The van der Waals surface area contributed by atoms with Gasteiger partial charge >= 0.3 is 0 Å². The van der Waals surface area contributed by atoms with Gasteiger partial charge in [0.2, 0.25) is 0 Å². The van der Waals surface area contributed by atoms with Gasteiger partial charge in [0, 0.05) is 30.8 Å². The zero-order valence-corrected chi connectivity index (χ0v) is 23.6. The number of rotatable bonds is 10. The second-order valence-electron chi connectivity index (χ2n) is 9.73. The van der Waals surface area contributed by atoms with Crippen LogP contribution in [0.4, 0.5) is 5.13 Å². The molecule has 0 bridgehead atoms. The van der Waals surface area contributed by atoms with Gasteiger partial charge < -0.3 is 21.1 Å². The molecule has 1 atom stereocenters. The van der Waals surface area contributed by atoms with E-state index < -0.39 is 0 Å². The molecule has 0 spiro atoms. The van der Waals surface area contributed by atoms with Crippen LogP contribution in [0.15, 0.2) is 53.4 Å². The number of anilines is 1. The Balaban J connectivity index is 1.46. The Morgan fingerprint density at radius 2 is 2.00 bits per heavy atom. The molecule has 0 aliphatic rings. The second-order valence-corrected chi connectivity index (χ2v) is 11.6. The van der Waals surface area contributed by atoms with Gasteiger partial charge in [0.15, 0.2) is 10.8 Å². The number of benzene rings is 1. The number of amides is 2. The number of carbonyl (C=O) groups excluding carboxylic acids is 2. The molecule has 4 N–H and O–H groups in total. The van der Waals surface area contributed by atoms with Crippen molar-refractivity contribution in [1.29, 1.82) is 0 Å². The van der Waals surface area contributed by atoms with Gasteiger partial charge in [0.05, 0.1) is 28.4 Å². The molecule has 5 rings (SSSR count). The van der Waals surface area contributed by atoms with Crippen molar-refractivity contribution in [2.75, 3.05) is 19.5 Å². The van der Waals surface area contributed by atoms with E-state index in [1.807, 2.05) is 35.0 Å². The molecule has 0 aliphatic carbocycles. The minimum Gasteiger partial charge on any atom is -0.383 e. The van der Waals surface area contributed by atoms with E-state index in [9.17, 15) is 9.59 Å². The Hall–Kier alpha value is -3.80. The number of methoxy groups -OCH3 is 1. The molecule has 9 nitrogen and oxygen atoms in total. The van der Waals surface area contributed by atoms with Gasteiger partial charge in [0.1, 0.15) is 11.4 Å². The Morgan fingerprint density at radius 1 is 1.15 bits per heavy atom. The topological polar surface area (TPSA) is 124 Å². The van der Waals surface area contributed by atoms with Crippen molar-refractivity contribution in [3.05, 3.63) is 70.2 Å². The first-order valence-corrected chi connectivity index (χ1v) is 14.4. The molecule has 0 radical (unpaired) electrons. The number of carbonyl (C=O) groups is 2. The molecule has 1 aromatic carbocycles. The smallest absolute Gasteiger partial charge is 0.270 e. The molecule has 0 saturated heterocycles. The summed E-state index contributed by atoms with van der Waals surface area (Å²) >= 11 is 2.93. The van der Waals surface area contributed by atoms with Crippen molar-refractivity contribution in [3.8, 4) is 11.3 Å². The van der Waals surface area contributed by atoms with Crippen LogP contribution in [0.5, 0.6) is 0 Å². The number of hydrogen-bond acceptors (Lipinski definition) is 8. The molecule has 11 heteroatoms. The Labute approximate surface area is 234 Å². The third kappa shape index (κ3) is 5.80. The highest BCUT2D eigenvalue weighted by molar-refractivity contribution is 7.22. The van der Waals surface area contributed by atoms with Crippen LogP contribution in [0, 0.1) is 5.92 Å². The molecule has 0 unspecified atom stereocenters. The van der Waals surface area contributed by atoms with Gasteiger partial charge in [-0.05, 0) is 53.6 Å². The summed E-state index contributed by atoms with van der Waals surface area (Å²) in [6.45, 7) is 4.94. The number of imidazole rings is 1. The minimum absolute atomic E-state index is 0.152. The van der Waals surface area contributed by atoms with Crippen LogP contribution in [0.1, 0.15) is 46.7 Å². The highest BCUT2D eigenvalue weighted by Crippen LogP contribution is 2.28. The molecule has 0 fully saturated rings. The lowest BCUT2D eigenvalue weighted by atomic mass is 10.0. The van der Waals surface area contributed by atoms with Crippen molar-refractivity contribution >= 4 is 55.5 Å². The summed E-state index contributed by atoms with van der Waals surface area (Å²) in [5.41, 5.74) is 10.1. The van der Waals surface area contributed by atoms with Crippen molar-refractivity contribution in [1.82, 2.24) is 25.0 Å². The number of ether oxygens (including phenoxy) is 1. The Morgan fingerprint density at radius 3 is 2.74 bits per heavy atom. The van der Waals surface area contributed by atoms with E-state index in [1.54, 1.807) is 29.8 Å². The van der Waals surface area contributed by atoms with E-state index >= 15 is 0 Å². The van der Waals surface area contributed by atoms with Crippen LogP contribution < -0.4 is 16.4 Å². The molecule has 2 amide bonds. The molecule has 202 valence electrons. The molecular weight excluding hydrogens is 532 g/mol. The lowest BCUT2D eigenvalue weighted by Gasteiger charge is -2.20. The van der Waals surface area contributed by atoms with E-state index in [4.69, 9.17) is 15.5 Å². The van der Waals surface area contributed by atoms with Gasteiger partial charge in [-0.2, -0.15) is 11.3 Å². The lowest BCUT2D eigenvalue weighted by Crippen LogP contribution is -2.39. The number of fused-ring (bicyclic) bond motifs is 2. The first-order valence-electron chi connectivity index (χ1n) is 12.6. The van der Waals surface area contributed by atoms with Crippen molar-refractivity contribution in [2.24, 2.45) is 5.92 Å². The quantitative estimate of drug-likeness (QED) is 0.221. The van der Waals surface area contributed by atoms with E-state index in [0.717, 1.165) is 27.8 Å². The standard InChI is InChI=1S/C28H30N6O3S2/c1-16(2)11-19(14-37-3)31-27(36)24-23(18-8-10-38-15-18)33-25-20(5-4-9-34(24)25)26(35)30-13-17-6-7-21-22(12-17)39-28(29)32-21/h4-10,12,15-16,19H,11,13-14H2,1-3H3,(H2,29,32)(H,30,35)(H,31,36)/t19-/m0/s1. The fraction of sp³-hybridized carbons (Fsp3) is 0.286. The number of nitrogen functional groups attached to an aromatic ring is 1. The monoisotopic (exact) mass is 562 g/mol. The molecule has 4 aromatic heterocycles. The average molecular weight is 563 g/mol. The molecular formula is C28H30N6O3S2. The van der Waals surface area contributed by atoms with Gasteiger partial charge in [-0.3, -0.25) is 14.0 Å². The van der Waals surface area contributed by atoms with Crippen molar-refractivity contribution in [2.45, 2.75) is 32.9 Å². The molecule has 4 heterocycles. The molecule has 0 aliphatic heterocycles. The molecule has 39 heavy (non-hydrogen) atoms. The largest absolute Gasteiger partial charge is 0.383 e. The highest BCUT2D eigenvalue weighted by Gasteiger charge is 2.26. The van der Waals surface area contributed by atoms with Gasteiger partial charge in [-0.15, -0.1) is 0 Å². The summed E-state index contributed by atoms with van der Waals surface area (Å²) in [5, 5.41) is 10.5. The maximum Gasteiger partial charge on any atom is 0.270 e. The van der Waals surface area contributed by atoms with E-state index in [2.05, 4.69) is 29.5 Å². The predicted molar refractivity (Wildman–Crippen MR) is 156 cm³/mol. The first kappa shape index (κ1) is 26.8. The Bertz CT molecular complexity index is 1620. The number of nitrogens with two attached hydrogens (primary N) is 1. The maximum absolute atomic E-state index is 13.7. The fourth-order valence-electron chi connectivity index (χ4n) is 4.63. The molecule has 0 saturated carbocycles. The van der Waals surface area contributed by atoms with Gasteiger partial charge in [-0.1, -0.05) is 31.3 Å². The average Bonchev–Trinajstić information content (AvgIpc) is 3.63. The molecule has 5 aromatic rings. The van der Waals surface area contributed by atoms with E-state index in [-0.39, 0.29) is 17.9 Å². The summed E-state index contributed by atoms with van der Waals surface area (Å²) in [6.07, 6.45) is 2.54. The SMILES string of the molecule is COC[C@H](CC(C)C)NC(=O)c1c(-c2ccsc2)nc2c(C(=O)NCc3ccc4nc(N)sc4c3)cccn12. The number of nitrogens with one attached hydrogen (secondary N) is 2. The van der Waals surface area contributed by atoms with Crippen molar-refractivity contribution in [3.63, 3.8) is 0 Å². The summed E-state index contributed by atoms with van der Waals surface area (Å²) < 4.78 is 8.02. The van der Waals surface area contributed by atoms with Crippen molar-refractivity contribution < 1.29 is 14.3 Å². The normalized spacial score (nSPS) is 12.3. The van der Waals surface area contributed by atoms with Gasteiger partial charge in [-0.25, -0.2) is 9.97 Å². The number of thiazole rings is 1. The van der Waals surface area contributed by atoms with E-state index in [0.29, 0.717) is 46.8 Å². The van der Waals surface area contributed by atoms with Crippen LogP contribution in [-0.4, -0.2) is 45.9 Å². The van der Waals surface area contributed by atoms with Gasteiger partial charge in [0.25, 0.3) is 11.8 Å². The van der Waals surface area contributed by atoms with Crippen LogP contribution in [0.3, 0.4) is 0 Å². The second kappa shape index (κ2) is 11.5. The predicted octanol–water partition coefficient (Wildman–Crippen LogP) is 4.98. The lowest BCUT2D eigenvalue weighted by molar-refractivity contribution is 0.0878. The van der Waals surface area contributed by atoms with Crippen LogP contribution >= 0.6 is 22.7 Å². The van der Waals surface area contributed by atoms with Crippen LogP contribution in [0.2, 0.25) is 0 Å². The highest BCUT2D eigenvalue weighted by atomic mass is 32.1. The fourth-order valence-corrected chi connectivity index (χ4v) is 6.07. The number of hydrogen-bond donors (Lipinski definition) is 3. The van der Waals surface area contributed by atoms with E-state index in [1.165, 1.54) is 22.7 Å². The zero-order chi connectivity index (χ0) is 27.5. The number of nitrogens with zero attached hydrogens (tertiary/aromatic N) is 3.